The Kier molecular flexibility index (Phi) is 3.91. The molecule has 2 rings (SSSR count). The van der Waals surface area contributed by atoms with Crippen molar-refractivity contribution in [3.63, 3.8) is 0 Å². The minimum Gasteiger partial charge on any atom is -0.298 e. The van der Waals surface area contributed by atoms with Crippen LogP contribution in [0.2, 0.25) is 0 Å². The Bertz CT molecular complexity index is 562. The number of carbonyl (C=O) groups excluding carboxylic acids is 1. The van der Waals surface area contributed by atoms with Crippen molar-refractivity contribution in [2.45, 2.75) is 9.92 Å². The van der Waals surface area contributed by atoms with Crippen molar-refractivity contribution in [1.29, 1.82) is 0 Å². The molecule has 5 heteroatoms. The summed E-state index contributed by atoms with van der Waals surface area (Å²) in [5.41, 5.74) is 0.326. The van der Waals surface area contributed by atoms with Gasteiger partial charge in [-0.3, -0.25) is 4.79 Å². The molecule has 0 saturated carbocycles. The summed E-state index contributed by atoms with van der Waals surface area (Å²) in [7, 11) is 0. The Balaban J connectivity index is 2.43. The van der Waals surface area contributed by atoms with E-state index in [1.807, 2.05) is 6.07 Å². The summed E-state index contributed by atoms with van der Waals surface area (Å²) in [6, 6.07) is 8.00. The van der Waals surface area contributed by atoms with Crippen LogP contribution in [0.15, 0.2) is 50.9 Å². The number of benzene rings is 1. The van der Waals surface area contributed by atoms with Crippen molar-refractivity contribution >= 4 is 34.0 Å². The average Bonchev–Trinajstić information content (AvgIpc) is 2.34. The number of carbonyl (C=O) groups is 1. The maximum Gasteiger partial charge on any atom is 0.151 e. The molecule has 2 nitrogen and oxygen atoms in total. The predicted octanol–water partition coefficient (Wildman–Crippen LogP) is 3.95. The molecule has 0 aliphatic heterocycles. The summed E-state index contributed by atoms with van der Waals surface area (Å²) in [6.07, 6.45) is 2.26. The normalized spacial score (nSPS) is 10.2. The molecule has 1 aromatic heterocycles. The molecule has 1 aromatic carbocycles. The molecule has 0 bridgehead atoms. The van der Waals surface area contributed by atoms with Crippen LogP contribution in [-0.4, -0.2) is 11.3 Å². The summed E-state index contributed by atoms with van der Waals surface area (Å²) < 4.78 is 14.4. The maximum atomic E-state index is 13.6. The van der Waals surface area contributed by atoms with Crippen LogP contribution in [-0.2, 0) is 0 Å². The van der Waals surface area contributed by atoms with Crippen molar-refractivity contribution in [3.8, 4) is 0 Å². The second kappa shape index (κ2) is 5.42. The minimum absolute atomic E-state index is 0.293. The molecule has 86 valence electrons. The Morgan fingerprint density at radius 1 is 1.29 bits per heavy atom. The molecule has 0 N–H and O–H groups in total. The average molecular weight is 312 g/mol. The lowest BCUT2D eigenvalue weighted by Gasteiger charge is -2.06. The molecule has 0 amide bonds. The van der Waals surface area contributed by atoms with E-state index in [0.29, 0.717) is 21.8 Å². The number of aldehydes is 1. The molecule has 0 saturated heterocycles. The van der Waals surface area contributed by atoms with Gasteiger partial charge in [0, 0.05) is 11.8 Å². The molecule has 0 radical (unpaired) electrons. The first-order valence-corrected chi connectivity index (χ1v) is 6.35. The lowest BCUT2D eigenvalue weighted by molar-refractivity contribution is 0.112. The van der Waals surface area contributed by atoms with E-state index in [9.17, 15) is 9.18 Å². The summed E-state index contributed by atoms with van der Waals surface area (Å²) in [5, 5.41) is 0.626. The van der Waals surface area contributed by atoms with E-state index in [0.717, 1.165) is 16.2 Å². The number of nitrogens with zero attached hydrogens (tertiary/aromatic N) is 1. The number of halogens is 2. The minimum atomic E-state index is -0.419. The van der Waals surface area contributed by atoms with Crippen LogP contribution in [0.25, 0.3) is 0 Å². The van der Waals surface area contributed by atoms with Gasteiger partial charge in [0.15, 0.2) is 6.29 Å². The van der Waals surface area contributed by atoms with Gasteiger partial charge in [-0.1, -0.05) is 23.9 Å². The number of rotatable bonds is 3. The van der Waals surface area contributed by atoms with Gasteiger partial charge in [-0.05, 0) is 34.1 Å². The van der Waals surface area contributed by atoms with E-state index in [2.05, 4.69) is 20.9 Å². The summed E-state index contributed by atoms with van der Waals surface area (Å²) in [6.45, 7) is 0. The van der Waals surface area contributed by atoms with Gasteiger partial charge >= 0.3 is 0 Å². The van der Waals surface area contributed by atoms with Crippen molar-refractivity contribution in [3.05, 3.63) is 52.4 Å². The van der Waals surface area contributed by atoms with Gasteiger partial charge in [0.25, 0.3) is 0 Å². The summed E-state index contributed by atoms with van der Waals surface area (Å²) in [4.78, 5) is 15.3. The second-order valence-corrected chi connectivity index (χ2v) is 5.02. The third-order valence-corrected chi connectivity index (χ3v) is 4.10. The smallest absolute Gasteiger partial charge is 0.151 e. The van der Waals surface area contributed by atoms with Crippen LogP contribution in [0, 0.1) is 5.82 Å². The van der Waals surface area contributed by atoms with E-state index >= 15 is 0 Å². The highest BCUT2D eigenvalue weighted by Gasteiger charge is 2.12. The molecular weight excluding hydrogens is 305 g/mol. The monoisotopic (exact) mass is 311 g/mol. The van der Waals surface area contributed by atoms with Crippen LogP contribution in [0.4, 0.5) is 4.39 Å². The first-order chi connectivity index (χ1) is 8.22. The number of pyridine rings is 1. The quantitative estimate of drug-likeness (QED) is 0.804. The third kappa shape index (κ3) is 2.73. The zero-order valence-corrected chi connectivity index (χ0v) is 11.0. The standard InChI is InChI=1S/C12H7BrFNOS/c13-9-4-2-6-15-12(9)17-11-8(7-16)3-1-5-10(11)14/h1-7H. The van der Waals surface area contributed by atoms with E-state index < -0.39 is 5.82 Å². The van der Waals surface area contributed by atoms with Crippen molar-refractivity contribution < 1.29 is 9.18 Å². The number of aromatic nitrogens is 1. The van der Waals surface area contributed by atoms with Crippen LogP contribution < -0.4 is 0 Å². The number of hydrogen-bond donors (Lipinski definition) is 0. The highest BCUT2D eigenvalue weighted by molar-refractivity contribution is 9.10. The molecule has 0 aliphatic rings. The van der Waals surface area contributed by atoms with Crippen molar-refractivity contribution in [2.75, 3.05) is 0 Å². The molecule has 0 unspecified atom stereocenters. The molecule has 0 spiro atoms. The molecule has 0 atom stereocenters. The van der Waals surface area contributed by atoms with Gasteiger partial charge in [-0.2, -0.15) is 0 Å². The first kappa shape index (κ1) is 12.3. The molecule has 17 heavy (non-hydrogen) atoms. The van der Waals surface area contributed by atoms with Crippen molar-refractivity contribution in [1.82, 2.24) is 4.98 Å². The molecule has 2 aromatic rings. The highest BCUT2D eigenvalue weighted by atomic mass is 79.9. The molecule has 0 fully saturated rings. The molecule has 1 heterocycles. The molecule has 0 aliphatic carbocycles. The zero-order valence-electron chi connectivity index (χ0n) is 8.56. The van der Waals surface area contributed by atoms with Crippen LogP contribution in [0.1, 0.15) is 10.4 Å². The SMILES string of the molecule is O=Cc1cccc(F)c1Sc1ncccc1Br. The van der Waals surface area contributed by atoms with E-state index in [1.54, 1.807) is 18.3 Å². The Morgan fingerprint density at radius 2 is 2.12 bits per heavy atom. The lowest BCUT2D eigenvalue weighted by atomic mass is 10.2. The van der Waals surface area contributed by atoms with Crippen LogP contribution in [0.5, 0.6) is 0 Å². The first-order valence-electron chi connectivity index (χ1n) is 4.74. The topological polar surface area (TPSA) is 30.0 Å². The Labute approximate surface area is 110 Å². The highest BCUT2D eigenvalue weighted by Crippen LogP contribution is 2.34. The Hall–Kier alpha value is -1.20. The van der Waals surface area contributed by atoms with Gasteiger partial charge in [0.05, 0.1) is 9.37 Å². The van der Waals surface area contributed by atoms with Gasteiger partial charge in [-0.25, -0.2) is 9.37 Å². The number of hydrogen-bond acceptors (Lipinski definition) is 3. The van der Waals surface area contributed by atoms with E-state index in [4.69, 9.17) is 0 Å². The van der Waals surface area contributed by atoms with Crippen LogP contribution in [0.3, 0.4) is 0 Å². The van der Waals surface area contributed by atoms with Crippen LogP contribution >= 0.6 is 27.7 Å². The fourth-order valence-corrected chi connectivity index (χ4v) is 2.64. The van der Waals surface area contributed by atoms with Gasteiger partial charge < -0.3 is 0 Å². The van der Waals surface area contributed by atoms with Gasteiger partial charge in [-0.15, -0.1) is 0 Å². The van der Waals surface area contributed by atoms with Gasteiger partial charge in [0.1, 0.15) is 10.8 Å². The van der Waals surface area contributed by atoms with Crippen molar-refractivity contribution in [2.24, 2.45) is 0 Å². The largest absolute Gasteiger partial charge is 0.298 e. The molecular formula is C12H7BrFNOS. The van der Waals surface area contributed by atoms with Gasteiger partial charge in [0.2, 0.25) is 0 Å². The third-order valence-electron chi connectivity index (χ3n) is 2.05. The van der Waals surface area contributed by atoms with E-state index in [1.165, 1.54) is 12.1 Å². The zero-order chi connectivity index (χ0) is 12.3. The fourth-order valence-electron chi connectivity index (χ4n) is 1.27. The summed E-state index contributed by atoms with van der Waals surface area (Å²) >= 11 is 4.46. The predicted molar refractivity (Wildman–Crippen MR) is 67.8 cm³/mol. The maximum absolute atomic E-state index is 13.6. The summed E-state index contributed by atoms with van der Waals surface area (Å²) in [5.74, 6) is -0.419. The Morgan fingerprint density at radius 3 is 2.82 bits per heavy atom. The fraction of sp³-hybridized carbons (Fsp3) is 0. The van der Waals surface area contributed by atoms with E-state index in [-0.39, 0.29) is 0 Å². The second-order valence-electron chi connectivity index (χ2n) is 3.17. The lowest BCUT2D eigenvalue weighted by Crippen LogP contribution is -1.91.